The van der Waals surface area contributed by atoms with E-state index in [9.17, 15) is 0 Å². The number of halogens is 1. The second-order valence-corrected chi connectivity index (χ2v) is 8.05. The Morgan fingerprint density at radius 2 is 1.00 bits per heavy atom. The predicted octanol–water partition coefficient (Wildman–Crippen LogP) is 6.08. The van der Waals surface area contributed by atoms with E-state index >= 15 is 0 Å². The Kier molecular flexibility index (Phi) is 18.3. The third kappa shape index (κ3) is 16.9. The molecule has 0 saturated heterocycles. The first-order chi connectivity index (χ1) is 7.27. The molecule has 1 radical (unpaired) electrons. The van der Waals surface area contributed by atoms with Crippen molar-refractivity contribution in [3.8, 4) is 0 Å². The summed E-state index contributed by atoms with van der Waals surface area (Å²) in [5, 5.41) is 0. The van der Waals surface area contributed by atoms with Gasteiger partial charge in [-0.3, -0.25) is 0 Å². The van der Waals surface area contributed by atoms with Crippen molar-refractivity contribution >= 4 is 21.2 Å². The molecule has 0 bridgehead atoms. The van der Waals surface area contributed by atoms with Gasteiger partial charge in [0.05, 0.1) is 0 Å². The average molecular weight is 264 g/mol. The summed E-state index contributed by atoms with van der Waals surface area (Å²) < 4.78 is 0. The van der Waals surface area contributed by atoms with Crippen LogP contribution in [0.1, 0.15) is 71.1 Å². The quantitative estimate of drug-likeness (QED) is 0.313. The molecular weight excluding hydrogens is 232 g/mol. The third-order valence-corrected chi connectivity index (χ3v) is 4.38. The van der Waals surface area contributed by atoms with Crippen LogP contribution in [0.3, 0.4) is 0 Å². The zero-order valence-electron chi connectivity index (χ0n) is 11.7. The van der Waals surface area contributed by atoms with Crippen LogP contribution in [0, 0.1) is 0 Å². The van der Waals surface area contributed by atoms with Gasteiger partial charge in [0.1, 0.15) is 0 Å². The number of unbranched alkanes of at least 4 members (excludes halogenated alkanes) is 9. The minimum Gasteiger partial charge on any atom is -0.147 e. The lowest BCUT2D eigenvalue weighted by Gasteiger charge is -2.03. The first-order valence-electron chi connectivity index (χ1n) is 7.06. The van der Waals surface area contributed by atoms with Crippen LogP contribution in [-0.4, -0.2) is 8.80 Å². The predicted molar refractivity (Wildman–Crippen MR) is 81.4 cm³/mol. The van der Waals surface area contributed by atoms with Crippen LogP contribution >= 0.6 is 12.4 Å². The molecular formula is C14H32ClSi. The van der Waals surface area contributed by atoms with Gasteiger partial charge >= 0.3 is 0 Å². The fourth-order valence-corrected chi connectivity index (χ4v) is 2.92. The van der Waals surface area contributed by atoms with E-state index in [1.165, 1.54) is 70.3 Å². The van der Waals surface area contributed by atoms with Crippen molar-refractivity contribution in [2.75, 3.05) is 0 Å². The zero-order valence-corrected chi connectivity index (χ0v) is 13.5. The lowest BCUT2D eigenvalue weighted by Crippen LogP contribution is -1.97. The van der Waals surface area contributed by atoms with Crippen LogP contribution in [0.5, 0.6) is 0 Å². The molecule has 0 spiro atoms. The van der Waals surface area contributed by atoms with Crippen molar-refractivity contribution in [3.05, 3.63) is 0 Å². The van der Waals surface area contributed by atoms with Crippen LogP contribution in [0.2, 0.25) is 19.1 Å². The van der Waals surface area contributed by atoms with Gasteiger partial charge in [-0.05, 0) is 0 Å². The standard InChI is InChI=1S/C14H31Si.ClH/c1-4-5-6-7-8-9-10-11-12-13-14-15(2)3;/h4-14H2,1-3H3;1H. The topological polar surface area (TPSA) is 0 Å². The van der Waals surface area contributed by atoms with Gasteiger partial charge < -0.3 is 0 Å². The maximum Gasteiger partial charge on any atom is 0.0412 e. The summed E-state index contributed by atoms with van der Waals surface area (Å²) in [6.07, 6.45) is 14.7. The summed E-state index contributed by atoms with van der Waals surface area (Å²) in [6.45, 7) is 7.15. The number of rotatable bonds is 11. The monoisotopic (exact) mass is 263 g/mol. The molecule has 0 heterocycles. The molecule has 0 fully saturated rings. The molecule has 0 aromatic rings. The molecule has 0 N–H and O–H groups in total. The van der Waals surface area contributed by atoms with Crippen molar-refractivity contribution in [1.82, 2.24) is 0 Å². The molecule has 0 aromatic heterocycles. The van der Waals surface area contributed by atoms with Crippen LogP contribution in [0.25, 0.3) is 0 Å². The Bertz CT molecular complexity index is 115. The highest BCUT2D eigenvalue weighted by Gasteiger charge is 1.96. The Hall–Kier alpha value is 0.507. The summed E-state index contributed by atoms with van der Waals surface area (Å²) in [6, 6.07) is 1.53. The molecule has 0 saturated carbocycles. The summed E-state index contributed by atoms with van der Waals surface area (Å²) in [7, 11) is 0.0582. The lowest BCUT2D eigenvalue weighted by atomic mass is 10.1. The van der Waals surface area contributed by atoms with E-state index in [0.29, 0.717) is 0 Å². The minimum atomic E-state index is 0. The zero-order chi connectivity index (χ0) is 11.4. The van der Waals surface area contributed by atoms with Crippen LogP contribution in [0.15, 0.2) is 0 Å². The fraction of sp³-hybridized carbons (Fsp3) is 1.00. The molecule has 16 heavy (non-hydrogen) atoms. The highest BCUT2D eigenvalue weighted by Crippen LogP contribution is 2.11. The van der Waals surface area contributed by atoms with E-state index in [-0.39, 0.29) is 21.2 Å². The third-order valence-electron chi connectivity index (χ3n) is 3.03. The maximum atomic E-state index is 2.43. The van der Waals surface area contributed by atoms with Crippen LogP contribution in [-0.2, 0) is 0 Å². The van der Waals surface area contributed by atoms with Gasteiger partial charge in [-0.25, -0.2) is 0 Å². The number of hydrogen-bond acceptors (Lipinski definition) is 0. The second kappa shape index (κ2) is 15.5. The van der Waals surface area contributed by atoms with E-state index in [1.807, 2.05) is 0 Å². The fourth-order valence-electron chi connectivity index (χ4n) is 1.97. The summed E-state index contributed by atoms with van der Waals surface area (Å²) in [5.74, 6) is 0. The molecule has 0 aliphatic carbocycles. The van der Waals surface area contributed by atoms with E-state index < -0.39 is 0 Å². The normalized spacial score (nSPS) is 10.5. The van der Waals surface area contributed by atoms with Gasteiger partial charge in [0.2, 0.25) is 0 Å². The molecule has 0 aliphatic rings. The summed E-state index contributed by atoms with van der Waals surface area (Å²) in [5.41, 5.74) is 0. The molecule has 0 nitrogen and oxygen atoms in total. The van der Waals surface area contributed by atoms with Crippen LogP contribution in [0.4, 0.5) is 0 Å². The van der Waals surface area contributed by atoms with Crippen molar-refractivity contribution < 1.29 is 0 Å². The smallest absolute Gasteiger partial charge is 0.0412 e. The molecule has 0 rings (SSSR count). The Labute approximate surface area is 112 Å². The molecule has 0 amide bonds. The molecule has 0 aliphatic heterocycles. The average Bonchev–Trinajstić information content (AvgIpc) is 2.20. The molecule has 99 valence electrons. The van der Waals surface area contributed by atoms with Crippen LogP contribution < -0.4 is 0 Å². The van der Waals surface area contributed by atoms with Crippen molar-refractivity contribution in [1.29, 1.82) is 0 Å². The van der Waals surface area contributed by atoms with E-state index in [2.05, 4.69) is 20.0 Å². The van der Waals surface area contributed by atoms with Crippen molar-refractivity contribution in [2.24, 2.45) is 0 Å². The van der Waals surface area contributed by atoms with Gasteiger partial charge in [0.25, 0.3) is 0 Å². The number of hydrogen-bond donors (Lipinski definition) is 0. The minimum absolute atomic E-state index is 0. The van der Waals surface area contributed by atoms with Gasteiger partial charge in [-0.15, -0.1) is 12.4 Å². The van der Waals surface area contributed by atoms with Gasteiger partial charge in [0.15, 0.2) is 0 Å². The SMILES string of the molecule is CCCCCCCCCCCC[Si](C)C.Cl. The van der Waals surface area contributed by atoms with Crippen molar-refractivity contribution in [2.45, 2.75) is 90.3 Å². The largest absolute Gasteiger partial charge is 0.147 e. The molecule has 0 unspecified atom stereocenters. The summed E-state index contributed by atoms with van der Waals surface area (Å²) >= 11 is 0. The van der Waals surface area contributed by atoms with E-state index in [1.54, 1.807) is 0 Å². The Morgan fingerprint density at radius 3 is 1.38 bits per heavy atom. The highest BCUT2D eigenvalue weighted by molar-refractivity contribution is 6.55. The lowest BCUT2D eigenvalue weighted by molar-refractivity contribution is 0.562. The van der Waals surface area contributed by atoms with Gasteiger partial charge in [-0.1, -0.05) is 90.3 Å². The Balaban J connectivity index is 0. The first-order valence-corrected chi connectivity index (χ1v) is 9.77. The second-order valence-electron chi connectivity index (χ2n) is 5.14. The van der Waals surface area contributed by atoms with E-state index in [4.69, 9.17) is 0 Å². The molecule has 0 aromatic carbocycles. The van der Waals surface area contributed by atoms with Crippen molar-refractivity contribution in [3.63, 3.8) is 0 Å². The van der Waals surface area contributed by atoms with Gasteiger partial charge in [0, 0.05) is 8.80 Å². The maximum absolute atomic E-state index is 2.43. The first kappa shape index (κ1) is 18.9. The molecule has 2 heteroatoms. The Morgan fingerprint density at radius 1 is 0.625 bits per heavy atom. The summed E-state index contributed by atoms with van der Waals surface area (Å²) in [4.78, 5) is 0. The van der Waals surface area contributed by atoms with Gasteiger partial charge in [-0.2, -0.15) is 0 Å². The molecule has 0 atom stereocenters. The highest BCUT2D eigenvalue weighted by atomic mass is 35.5. The van der Waals surface area contributed by atoms with E-state index in [0.717, 1.165) is 0 Å².